The molecule has 1 aliphatic heterocycles. The molecule has 3 heteroatoms. The summed E-state index contributed by atoms with van der Waals surface area (Å²) in [4.78, 5) is 4.88. The van der Waals surface area contributed by atoms with Crippen LogP contribution in [0.4, 0.5) is 0 Å². The molecule has 0 bridgehead atoms. The van der Waals surface area contributed by atoms with Crippen molar-refractivity contribution in [2.45, 2.75) is 26.8 Å². The quantitative estimate of drug-likeness (QED) is 0.262. The second kappa shape index (κ2) is 8.75. The van der Waals surface area contributed by atoms with Gasteiger partial charge in [0.2, 0.25) is 5.89 Å². The Labute approximate surface area is 207 Å². The highest BCUT2D eigenvalue weighted by molar-refractivity contribution is 6.87. The maximum Gasteiger partial charge on any atom is 0.227 e. The van der Waals surface area contributed by atoms with Gasteiger partial charge in [-0.3, -0.25) is 0 Å². The zero-order valence-electron chi connectivity index (χ0n) is 20.3. The maximum atomic E-state index is 6.24. The lowest BCUT2D eigenvalue weighted by Gasteiger charge is -2.11. The summed E-state index contributed by atoms with van der Waals surface area (Å²) in [6.07, 6.45) is 0. The third kappa shape index (κ3) is 4.13. The van der Waals surface area contributed by atoms with Gasteiger partial charge in [0.15, 0.2) is 5.58 Å². The van der Waals surface area contributed by atoms with Crippen LogP contribution in [0.5, 0.6) is 0 Å². The molecule has 0 spiro atoms. The third-order valence-corrected chi connectivity index (χ3v) is 9.25. The van der Waals surface area contributed by atoms with Crippen molar-refractivity contribution in [3.05, 3.63) is 119 Å². The fourth-order valence-electron chi connectivity index (χ4n) is 5.03. The smallest absolute Gasteiger partial charge is 0.227 e. The summed E-state index contributed by atoms with van der Waals surface area (Å²) in [6.45, 7) is 6.43. The average molecular weight is 470 g/mol. The van der Waals surface area contributed by atoms with E-state index < -0.39 is 8.41 Å². The molecule has 4 aromatic carbocycles. The van der Waals surface area contributed by atoms with Crippen LogP contribution in [-0.2, 0) is 0 Å². The van der Waals surface area contributed by atoms with Gasteiger partial charge in [-0.1, -0.05) is 89.6 Å². The lowest BCUT2D eigenvalue weighted by atomic mass is 9.95. The van der Waals surface area contributed by atoms with E-state index >= 15 is 0 Å². The van der Waals surface area contributed by atoms with E-state index in [9.17, 15) is 0 Å². The number of nitrogens with zero attached hydrogens (tertiary/aromatic N) is 1. The van der Waals surface area contributed by atoms with E-state index in [1.807, 2.05) is 6.07 Å². The number of benzene rings is 4. The van der Waals surface area contributed by atoms with Gasteiger partial charge in [0.05, 0.1) is 8.41 Å². The standard InChI is InChI=1S/C32H27NOSi/c1-21-8-6-10-24(16-21)27-19-35(20-28(27)25-11-7-9-22(2)17-25)31-13-5-4-12-26(31)32-33-29-18-23(3)14-15-30(29)34-32/h4-19H,20H2,1-3H3. The summed E-state index contributed by atoms with van der Waals surface area (Å²) in [5.74, 6) is 0.716. The van der Waals surface area contributed by atoms with Gasteiger partial charge in [-0.25, -0.2) is 4.98 Å². The van der Waals surface area contributed by atoms with Gasteiger partial charge in [-0.2, -0.15) is 0 Å². The van der Waals surface area contributed by atoms with Crippen LogP contribution in [-0.4, -0.2) is 19.1 Å². The predicted octanol–water partition coefficient (Wildman–Crippen LogP) is 7.13. The van der Waals surface area contributed by atoms with Crippen LogP contribution in [0, 0.1) is 20.8 Å². The summed E-state index contributed by atoms with van der Waals surface area (Å²) < 4.78 is 6.24. The van der Waals surface area contributed by atoms with Crippen LogP contribution in [0.2, 0.25) is 6.04 Å². The molecular formula is C32H27NOSi. The molecule has 6 rings (SSSR count). The number of oxazole rings is 1. The monoisotopic (exact) mass is 469 g/mol. The van der Waals surface area contributed by atoms with Crippen molar-refractivity contribution in [1.82, 2.24) is 4.98 Å². The molecule has 0 amide bonds. The molecule has 5 aromatic rings. The van der Waals surface area contributed by atoms with Crippen molar-refractivity contribution in [3.63, 3.8) is 0 Å². The number of aryl methyl sites for hydroxylation is 3. The molecule has 0 aliphatic carbocycles. The summed E-state index contributed by atoms with van der Waals surface area (Å²) in [6, 6.07) is 33.7. The van der Waals surface area contributed by atoms with Crippen LogP contribution in [0.25, 0.3) is 33.7 Å². The Balaban J connectivity index is 1.48. The van der Waals surface area contributed by atoms with E-state index in [1.54, 1.807) is 0 Å². The van der Waals surface area contributed by atoms with E-state index in [-0.39, 0.29) is 0 Å². The predicted molar refractivity (Wildman–Crippen MR) is 150 cm³/mol. The van der Waals surface area contributed by atoms with Crippen LogP contribution >= 0.6 is 0 Å². The molecule has 0 saturated carbocycles. The summed E-state index contributed by atoms with van der Waals surface area (Å²) in [5.41, 5.74) is 14.6. The highest BCUT2D eigenvalue weighted by atomic mass is 28.2. The third-order valence-electron chi connectivity index (χ3n) is 6.75. The molecule has 0 fully saturated rings. The van der Waals surface area contributed by atoms with E-state index in [0.29, 0.717) is 5.89 Å². The minimum Gasteiger partial charge on any atom is -0.436 e. The fourth-order valence-corrected chi connectivity index (χ4v) is 7.79. The molecule has 1 aliphatic rings. The van der Waals surface area contributed by atoms with Crippen LogP contribution < -0.4 is 5.19 Å². The lowest BCUT2D eigenvalue weighted by molar-refractivity contribution is 0.620. The molecule has 0 saturated heterocycles. The second-order valence-corrected chi connectivity index (χ2v) is 11.7. The van der Waals surface area contributed by atoms with Crippen molar-refractivity contribution in [1.29, 1.82) is 0 Å². The van der Waals surface area contributed by atoms with E-state index in [4.69, 9.17) is 9.40 Å². The van der Waals surface area contributed by atoms with Gasteiger partial charge >= 0.3 is 0 Å². The van der Waals surface area contributed by atoms with Crippen LogP contribution in [0.3, 0.4) is 0 Å². The molecule has 2 heterocycles. The summed E-state index contributed by atoms with van der Waals surface area (Å²) >= 11 is 0. The van der Waals surface area contributed by atoms with E-state index in [0.717, 1.165) is 22.7 Å². The molecule has 0 N–H and O–H groups in total. The fraction of sp³-hybridized carbons (Fsp3) is 0.125. The van der Waals surface area contributed by atoms with E-state index in [2.05, 4.69) is 111 Å². The lowest BCUT2D eigenvalue weighted by Crippen LogP contribution is -2.24. The van der Waals surface area contributed by atoms with Crippen molar-refractivity contribution in [2.24, 2.45) is 0 Å². The van der Waals surface area contributed by atoms with Gasteiger partial charge < -0.3 is 4.42 Å². The first-order valence-electron chi connectivity index (χ1n) is 12.1. The Bertz CT molecular complexity index is 1650. The van der Waals surface area contributed by atoms with Crippen LogP contribution in [0.15, 0.2) is 95.4 Å². The van der Waals surface area contributed by atoms with Gasteiger partial charge in [0.1, 0.15) is 5.52 Å². The van der Waals surface area contributed by atoms with Gasteiger partial charge in [0, 0.05) is 5.56 Å². The Hall–Kier alpha value is -3.82. The topological polar surface area (TPSA) is 26.0 Å². The highest BCUT2D eigenvalue weighted by Crippen LogP contribution is 2.34. The molecule has 170 valence electrons. The Kier molecular flexibility index (Phi) is 5.42. The zero-order valence-corrected chi connectivity index (χ0v) is 21.3. The largest absolute Gasteiger partial charge is 0.436 e. The molecule has 0 radical (unpaired) electrons. The van der Waals surface area contributed by atoms with Crippen molar-refractivity contribution in [2.75, 3.05) is 0 Å². The number of fused-ring (bicyclic) bond motifs is 1. The minimum atomic E-state index is -1.03. The normalized spacial score (nSPS) is 13.5. The van der Waals surface area contributed by atoms with Gasteiger partial charge in [0.25, 0.3) is 0 Å². The number of hydrogen-bond acceptors (Lipinski definition) is 2. The van der Waals surface area contributed by atoms with Crippen LogP contribution in [0.1, 0.15) is 27.8 Å². The Morgan fingerprint density at radius 1 is 0.714 bits per heavy atom. The maximum absolute atomic E-state index is 6.24. The molecular weight excluding hydrogens is 442 g/mol. The molecule has 1 aromatic heterocycles. The first-order valence-corrected chi connectivity index (χ1v) is 13.9. The molecule has 35 heavy (non-hydrogen) atoms. The van der Waals surface area contributed by atoms with Crippen molar-refractivity contribution >= 4 is 41.5 Å². The Morgan fingerprint density at radius 3 is 2.23 bits per heavy atom. The molecule has 0 atom stereocenters. The Morgan fingerprint density at radius 2 is 1.43 bits per heavy atom. The number of hydrogen-bond donors (Lipinski definition) is 0. The first-order chi connectivity index (χ1) is 17.0. The minimum absolute atomic E-state index is 0.716. The zero-order chi connectivity index (χ0) is 23.9. The molecule has 2 nitrogen and oxygen atoms in total. The van der Waals surface area contributed by atoms with Crippen molar-refractivity contribution < 1.29 is 4.42 Å². The SMILES string of the molecule is Cc1cccc(C2=C(c3cccc(C)c3)C[Si](c3ccccc3-c3nc4cc(C)ccc4o3)=C2)c1. The van der Waals surface area contributed by atoms with Gasteiger partial charge in [-0.15, -0.1) is 0 Å². The van der Waals surface area contributed by atoms with E-state index in [1.165, 1.54) is 44.2 Å². The first kappa shape index (κ1) is 21.7. The van der Waals surface area contributed by atoms with Crippen molar-refractivity contribution in [3.8, 4) is 11.5 Å². The number of aromatic nitrogens is 1. The second-order valence-electron chi connectivity index (χ2n) is 9.51. The highest BCUT2D eigenvalue weighted by Gasteiger charge is 2.24. The van der Waals surface area contributed by atoms with Gasteiger partial charge in [-0.05, 0) is 78.0 Å². The number of rotatable bonds is 4. The molecule has 0 unspecified atom stereocenters. The summed E-state index contributed by atoms with van der Waals surface area (Å²) in [7, 11) is -1.03. The average Bonchev–Trinajstić information content (AvgIpc) is 3.49. The number of allylic oxidation sites excluding steroid dienone is 2. The summed E-state index contributed by atoms with van der Waals surface area (Å²) in [5, 5.41) is 1.36.